The third kappa shape index (κ3) is 35.1. The van der Waals surface area contributed by atoms with Gasteiger partial charge in [-0.3, -0.25) is 0 Å². The number of unbranched alkanes of at least 4 members (excludes halogenated alkanes) is 6. The van der Waals surface area contributed by atoms with Crippen molar-refractivity contribution in [2.75, 3.05) is 16.4 Å². The van der Waals surface area contributed by atoms with Crippen molar-refractivity contribution in [3.63, 3.8) is 0 Å². The van der Waals surface area contributed by atoms with Crippen molar-refractivity contribution < 1.29 is 5.11 Å². The van der Waals surface area contributed by atoms with Gasteiger partial charge in [0, 0.05) is 6.54 Å². The van der Waals surface area contributed by atoms with Crippen LogP contribution in [0.4, 0.5) is 0 Å². The predicted octanol–water partition coefficient (Wildman–Crippen LogP) is 17.3. The van der Waals surface area contributed by atoms with E-state index < -0.39 is 0 Å². The van der Waals surface area contributed by atoms with E-state index in [1.54, 1.807) is 11.6 Å². The Morgan fingerprint density at radius 1 is 0.769 bits per heavy atom. The van der Waals surface area contributed by atoms with Crippen molar-refractivity contribution in [3.05, 3.63) is 76.4 Å². The molecule has 2 atom stereocenters. The molecule has 308 valence electrons. The van der Waals surface area contributed by atoms with Crippen LogP contribution >= 0.6 is 45.2 Å². The Labute approximate surface area is 356 Å². The van der Waals surface area contributed by atoms with Gasteiger partial charge in [0.1, 0.15) is 5.75 Å². The monoisotopic (exact) mass is 952 g/mol. The summed E-state index contributed by atoms with van der Waals surface area (Å²) in [6.07, 6.45) is 21.6. The normalized spacial score (nSPS) is 12.0. The van der Waals surface area contributed by atoms with Crippen LogP contribution < -0.4 is 5.32 Å². The number of aromatic hydroxyl groups is 1. The third-order valence-corrected chi connectivity index (χ3v) is 8.72. The molecule has 3 rings (SSSR count). The highest BCUT2D eigenvalue weighted by Crippen LogP contribution is 2.31. The van der Waals surface area contributed by atoms with Gasteiger partial charge in [-0.2, -0.15) is 0 Å². The van der Waals surface area contributed by atoms with Crippen molar-refractivity contribution in [2.24, 2.45) is 5.92 Å². The molecule has 2 nitrogen and oxygen atoms in total. The second-order valence-corrected chi connectivity index (χ2v) is 12.5. The topological polar surface area (TPSA) is 32.3 Å². The number of nitrogens with one attached hydrogen (secondary N) is 1. The molecule has 4 heteroatoms. The summed E-state index contributed by atoms with van der Waals surface area (Å²) >= 11 is 4.30. The van der Waals surface area contributed by atoms with Crippen LogP contribution in [-0.2, 0) is 19.4 Å². The molecule has 0 bridgehead atoms. The quantitative estimate of drug-likeness (QED) is 0.0761. The van der Waals surface area contributed by atoms with Crippen LogP contribution in [0.25, 0.3) is 0 Å². The van der Waals surface area contributed by atoms with E-state index in [1.807, 2.05) is 69.6 Å². The van der Waals surface area contributed by atoms with E-state index in [9.17, 15) is 5.11 Å². The Kier molecular flexibility index (Phi) is 58.8. The number of para-hydroxylation sites is 1. The fraction of sp³-hybridized carbons (Fsp3) is 0.708. The minimum atomic E-state index is 0.440. The third-order valence-electron chi connectivity index (χ3n) is 8.72. The summed E-state index contributed by atoms with van der Waals surface area (Å²) in [4.78, 5) is 3.94. The highest BCUT2D eigenvalue weighted by atomic mass is 127. The maximum Gasteiger partial charge on any atom is 0.118 e. The van der Waals surface area contributed by atoms with E-state index >= 15 is 0 Å². The van der Waals surface area contributed by atoms with E-state index in [1.165, 1.54) is 93.7 Å². The second-order valence-electron chi connectivity index (χ2n) is 12.5. The maximum absolute atomic E-state index is 9.90. The Morgan fingerprint density at radius 3 is 1.81 bits per heavy atom. The molecule has 1 aliphatic rings. The van der Waals surface area contributed by atoms with Gasteiger partial charge < -0.3 is 10.4 Å². The first-order chi connectivity index (χ1) is 25.4. The van der Waals surface area contributed by atoms with E-state index in [-0.39, 0.29) is 0 Å². The van der Waals surface area contributed by atoms with Gasteiger partial charge in [0.15, 0.2) is 0 Å². The summed E-state index contributed by atoms with van der Waals surface area (Å²) in [5.41, 5.74) is 7.13. The molecular weight excluding hydrogens is 860 g/mol. The van der Waals surface area contributed by atoms with Gasteiger partial charge >= 0.3 is 0 Å². The van der Waals surface area contributed by atoms with Crippen molar-refractivity contribution in [2.45, 2.75) is 199 Å². The molecule has 0 fully saturated rings. The number of halogens is 2. The highest BCUT2D eigenvalue weighted by Gasteiger charge is 2.17. The fourth-order valence-corrected chi connectivity index (χ4v) is 5.78. The molecular formula is C48H91I2NO. The smallest absolute Gasteiger partial charge is 0.118 e. The van der Waals surface area contributed by atoms with Gasteiger partial charge in [0.25, 0.3) is 0 Å². The number of phenolic OH excluding ortho intramolecular Hbond substituents is 1. The molecule has 0 saturated heterocycles. The van der Waals surface area contributed by atoms with Crippen LogP contribution in [0, 0.1) is 5.92 Å². The Hall–Kier alpha value is -0.600. The van der Waals surface area contributed by atoms with Gasteiger partial charge in [0.05, 0.1) is 0 Å². The Bertz CT molecular complexity index is 969. The van der Waals surface area contributed by atoms with Gasteiger partial charge in [-0.05, 0) is 108 Å². The lowest BCUT2D eigenvalue weighted by Crippen LogP contribution is -2.23. The number of fused-ring (bicyclic) bond motifs is 1. The molecule has 0 spiro atoms. The van der Waals surface area contributed by atoms with Crippen LogP contribution in [0.15, 0.2) is 54.1 Å². The molecule has 52 heavy (non-hydrogen) atoms. The molecule has 1 heterocycles. The number of rotatable bonds is 16. The van der Waals surface area contributed by atoms with Gasteiger partial charge in [0.2, 0.25) is 0 Å². The summed E-state index contributed by atoms with van der Waals surface area (Å²) in [6.45, 7) is 29.9. The SMILES string of the molecule is CC.CC.CC.CC/C=C(\C)CC.CCC(CC(C)CCCc1ccccc1O)c1ccc2c(c1)CCNC2.CCCCCCCCC.CI.CI. The predicted molar refractivity (Wildman–Crippen MR) is 262 cm³/mol. The standard InChI is InChI=1S/C24H33NO.C9H20.C7H14.3C2H6.2CH3I/c1-3-19(21-11-12-23-17-25-14-13-22(23)16-21)15-18(2)7-6-9-20-8-4-5-10-24(20)26;1-3-5-7-9-8-6-4-2;1-4-6-7(3)5-2;5*1-2/h4-5,8,10-12,16,18-19,25-26H,3,6-7,9,13-15,17H2,1-2H3;3-9H2,1-2H3;6H,4-5H2,1-3H3;3*1-2H3;2*1H3/b;;7-6+;;;;;. The zero-order chi connectivity index (χ0) is 41.0. The minimum Gasteiger partial charge on any atom is -0.508 e. The molecule has 2 unspecified atom stereocenters. The number of phenols is 1. The number of aryl methyl sites for hydroxylation is 1. The number of alkyl halides is 2. The van der Waals surface area contributed by atoms with Crippen LogP contribution in [0.2, 0.25) is 0 Å². The van der Waals surface area contributed by atoms with Crippen molar-refractivity contribution in [1.82, 2.24) is 5.32 Å². The number of allylic oxidation sites excluding steroid dienone is 2. The average Bonchev–Trinajstić information content (AvgIpc) is 3.22. The lowest BCUT2D eigenvalue weighted by Gasteiger charge is -2.23. The number of benzene rings is 2. The lowest BCUT2D eigenvalue weighted by atomic mass is 9.83. The van der Waals surface area contributed by atoms with Crippen molar-refractivity contribution in [3.8, 4) is 5.75 Å². The van der Waals surface area contributed by atoms with E-state index in [0.717, 1.165) is 37.9 Å². The Balaban J connectivity index is -0.000000234. The zero-order valence-electron chi connectivity index (χ0n) is 37.5. The molecule has 2 aromatic rings. The maximum atomic E-state index is 9.90. The first-order valence-electron chi connectivity index (χ1n) is 21.4. The van der Waals surface area contributed by atoms with E-state index in [0.29, 0.717) is 17.6 Å². The number of hydrogen-bond donors (Lipinski definition) is 2. The summed E-state index contributed by atoms with van der Waals surface area (Å²) in [7, 11) is 0. The zero-order valence-corrected chi connectivity index (χ0v) is 41.8. The summed E-state index contributed by atoms with van der Waals surface area (Å²) in [5.74, 6) is 1.81. The highest BCUT2D eigenvalue weighted by molar-refractivity contribution is 14.1. The molecule has 0 aliphatic carbocycles. The number of hydrogen-bond acceptors (Lipinski definition) is 2. The molecule has 0 aromatic heterocycles. The van der Waals surface area contributed by atoms with Crippen LogP contribution in [0.5, 0.6) is 5.75 Å². The fourth-order valence-electron chi connectivity index (χ4n) is 5.78. The van der Waals surface area contributed by atoms with E-state index in [4.69, 9.17) is 0 Å². The van der Waals surface area contributed by atoms with Crippen LogP contribution in [0.3, 0.4) is 0 Å². The van der Waals surface area contributed by atoms with Gasteiger partial charge in [-0.25, -0.2) is 0 Å². The molecule has 2 aromatic carbocycles. The van der Waals surface area contributed by atoms with Crippen molar-refractivity contribution in [1.29, 1.82) is 0 Å². The van der Waals surface area contributed by atoms with Gasteiger partial charge in [-0.1, -0.05) is 228 Å². The van der Waals surface area contributed by atoms with Crippen molar-refractivity contribution >= 4 is 45.2 Å². The molecule has 0 radical (unpaired) electrons. The molecule has 0 saturated carbocycles. The minimum absolute atomic E-state index is 0.440. The summed E-state index contributed by atoms with van der Waals surface area (Å²) < 4.78 is 0. The van der Waals surface area contributed by atoms with Crippen LogP contribution in [0.1, 0.15) is 202 Å². The van der Waals surface area contributed by atoms with E-state index in [2.05, 4.69) is 123 Å². The largest absolute Gasteiger partial charge is 0.508 e. The average molecular weight is 952 g/mol. The molecule has 0 amide bonds. The van der Waals surface area contributed by atoms with Crippen LogP contribution in [-0.4, -0.2) is 21.5 Å². The first kappa shape index (κ1) is 60.6. The summed E-state index contributed by atoms with van der Waals surface area (Å²) in [5, 5.41) is 13.4. The van der Waals surface area contributed by atoms with Gasteiger partial charge in [-0.15, -0.1) is 0 Å². The first-order valence-corrected chi connectivity index (χ1v) is 25.7. The second kappa shape index (κ2) is 50.4. The molecule has 1 aliphatic heterocycles. The Morgan fingerprint density at radius 2 is 1.33 bits per heavy atom. The molecule has 2 N–H and O–H groups in total. The lowest BCUT2D eigenvalue weighted by molar-refractivity contribution is 0.418. The summed E-state index contributed by atoms with van der Waals surface area (Å²) in [6, 6.07) is 14.9.